The van der Waals surface area contributed by atoms with Gasteiger partial charge in [-0.05, 0) is 12.5 Å². The molecule has 2 aromatic rings. The fourth-order valence-corrected chi connectivity index (χ4v) is 1.87. The summed E-state index contributed by atoms with van der Waals surface area (Å²) in [5, 5.41) is 19.1. The van der Waals surface area contributed by atoms with Gasteiger partial charge in [-0.1, -0.05) is 18.2 Å². The maximum Gasteiger partial charge on any atom is 0.0702 e. The molecule has 0 aliphatic rings. The van der Waals surface area contributed by atoms with Crippen LogP contribution < -0.4 is 0 Å². The summed E-state index contributed by atoms with van der Waals surface area (Å²) in [6.45, 7) is 1.05. The first-order chi connectivity index (χ1) is 7.36. The van der Waals surface area contributed by atoms with Crippen molar-refractivity contribution in [1.29, 1.82) is 0 Å². The molecule has 2 N–H and O–H groups in total. The molecule has 0 radical (unpaired) electrons. The smallest absolute Gasteiger partial charge is 0.0702 e. The molecule has 15 heavy (non-hydrogen) atoms. The van der Waals surface area contributed by atoms with E-state index in [4.69, 9.17) is 5.11 Å². The van der Waals surface area contributed by atoms with Crippen molar-refractivity contribution in [3.05, 3.63) is 36.0 Å². The Kier molecular flexibility index (Phi) is 3.04. The van der Waals surface area contributed by atoms with Gasteiger partial charge in [0.05, 0.1) is 6.61 Å². The molecule has 1 aromatic heterocycles. The summed E-state index contributed by atoms with van der Waals surface area (Å²) in [7, 11) is 0. The summed E-state index contributed by atoms with van der Waals surface area (Å²) in [5.74, 6) is 0. The molecule has 0 atom stereocenters. The zero-order valence-corrected chi connectivity index (χ0v) is 8.56. The Bertz CT molecular complexity index is 448. The molecule has 3 nitrogen and oxygen atoms in total. The van der Waals surface area contributed by atoms with E-state index in [1.807, 2.05) is 30.5 Å². The van der Waals surface area contributed by atoms with Crippen LogP contribution in [0.25, 0.3) is 10.9 Å². The van der Waals surface area contributed by atoms with Gasteiger partial charge in [0.15, 0.2) is 0 Å². The first-order valence-corrected chi connectivity index (χ1v) is 5.15. The number of aliphatic hydroxyl groups is 2. The van der Waals surface area contributed by atoms with Crippen LogP contribution in [0, 0.1) is 0 Å². The van der Waals surface area contributed by atoms with Gasteiger partial charge in [-0.15, -0.1) is 0 Å². The summed E-state index contributed by atoms with van der Waals surface area (Å²) >= 11 is 0. The van der Waals surface area contributed by atoms with Crippen molar-refractivity contribution < 1.29 is 10.2 Å². The quantitative estimate of drug-likeness (QED) is 0.794. The number of aliphatic hydroxyl groups excluding tert-OH is 2. The summed E-state index contributed by atoms with van der Waals surface area (Å²) in [6, 6.07) is 8.00. The summed E-state index contributed by atoms with van der Waals surface area (Å²) in [5.41, 5.74) is 2.07. The van der Waals surface area contributed by atoms with Crippen LogP contribution in [-0.4, -0.2) is 21.4 Å². The van der Waals surface area contributed by atoms with E-state index >= 15 is 0 Å². The monoisotopic (exact) mass is 205 g/mol. The molecule has 0 bridgehead atoms. The molecule has 0 fully saturated rings. The molecule has 0 amide bonds. The first-order valence-electron chi connectivity index (χ1n) is 5.15. The molecular formula is C12H15NO2. The Balaban J connectivity index is 2.45. The number of rotatable bonds is 4. The molecule has 1 heterocycles. The number of aromatic nitrogens is 1. The van der Waals surface area contributed by atoms with Gasteiger partial charge in [0, 0.05) is 35.8 Å². The van der Waals surface area contributed by atoms with Crippen molar-refractivity contribution in [3.8, 4) is 0 Å². The van der Waals surface area contributed by atoms with Gasteiger partial charge < -0.3 is 14.8 Å². The first kappa shape index (κ1) is 10.2. The minimum Gasteiger partial charge on any atom is -0.396 e. The van der Waals surface area contributed by atoms with E-state index in [1.165, 1.54) is 0 Å². The minimum atomic E-state index is 0.0621. The van der Waals surface area contributed by atoms with E-state index in [9.17, 15) is 5.11 Å². The summed E-state index contributed by atoms with van der Waals surface area (Å²) < 4.78 is 2.08. The molecule has 0 saturated heterocycles. The van der Waals surface area contributed by atoms with Crippen LogP contribution in [0.3, 0.4) is 0 Å². The number of hydrogen-bond acceptors (Lipinski definition) is 2. The number of para-hydroxylation sites is 1. The lowest BCUT2D eigenvalue weighted by atomic mass is 10.2. The molecule has 1 aromatic carbocycles. The number of aryl methyl sites for hydroxylation is 1. The normalized spacial score (nSPS) is 11.1. The van der Waals surface area contributed by atoms with Crippen LogP contribution in [-0.2, 0) is 13.2 Å². The molecule has 80 valence electrons. The Morgan fingerprint density at radius 1 is 1.13 bits per heavy atom. The van der Waals surface area contributed by atoms with Gasteiger partial charge in [-0.3, -0.25) is 0 Å². The molecule has 0 unspecified atom stereocenters. The number of hydrogen-bond donors (Lipinski definition) is 2. The summed E-state index contributed by atoms with van der Waals surface area (Å²) in [6.07, 6.45) is 2.70. The molecule has 0 aliphatic heterocycles. The highest BCUT2D eigenvalue weighted by Gasteiger charge is 2.05. The van der Waals surface area contributed by atoms with Gasteiger partial charge in [0.1, 0.15) is 0 Å². The van der Waals surface area contributed by atoms with Crippen molar-refractivity contribution in [2.75, 3.05) is 6.61 Å². The van der Waals surface area contributed by atoms with Crippen molar-refractivity contribution in [1.82, 2.24) is 4.57 Å². The van der Waals surface area contributed by atoms with Crippen molar-refractivity contribution in [2.45, 2.75) is 19.6 Å². The van der Waals surface area contributed by atoms with Gasteiger partial charge in [0.2, 0.25) is 0 Å². The van der Waals surface area contributed by atoms with Crippen LogP contribution in [0.1, 0.15) is 12.0 Å². The lowest BCUT2D eigenvalue weighted by Gasteiger charge is -2.02. The lowest BCUT2D eigenvalue weighted by Crippen LogP contribution is -1.98. The second-order valence-electron chi connectivity index (χ2n) is 3.60. The molecule has 0 aliphatic carbocycles. The summed E-state index contributed by atoms with van der Waals surface area (Å²) in [4.78, 5) is 0. The standard InChI is InChI=1S/C12H15NO2/c14-7-3-6-13-8-10(9-15)11-4-1-2-5-12(11)13/h1-2,4-5,8,14-15H,3,6-7,9H2. The molecule has 3 heteroatoms. The third-order valence-corrected chi connectivity index (χ3v) is 2.60. The van der Waals surface area contributed by atoms with Crippen molar-refractivity contribution >= 4 is 10.9 Å². The number of benzene rings is 1. The predicted molar refractivity (Wildman–Crippen MR) is 59.6 cm³/mol. The molecular weight excluding hydrogens is 190 g/mol. The van der Waals surface area contributed by atoms with Gasteiger partial charge in [0.25, 0.3) is 0 Å². The Labute approximate surface area is 88.6 Å². The predicted octanol–water partition coefficient (Wildman–Crippen LogP) is 1.52. The van der Waals surface area contributed by atoms with Gasteiger partial charge in [-0.25, -0.2) is 0 Å². The third kappa shape index (κ3) is 1.89. The average molecular weight is 205 g/mol. The number of nitrogens with zero attached hydrogens (tertiary/aromatic N) is 1. The largest absolute Gasteiger partial charge is 0.396 e. The van der Waals surface area contributed by atoms with Crippen molar-refractivity contribution in [3.63, 3.8) is 0 Å². The van der Waals surface area contributed by atoms with Crippen LogP contribution in [0.4, 0.5) is 0 Å². The Hall–Kier alpha value is -1.32. The highest BCUT2D eigenvalue weighted by atomic mass is 16.3. The second kappa shape index (κ2) is 4.47. The maximum absolute atomic E-state index is 9.21. The van der Waals surface area contributed by atoms with Crippen LogP contribution in [0.2, 0.25) is 0 Å². The van der Waals surface area contributed by atoms with Crippen LogP contribution in [0.15, 0.2) is 30.5 Å². The minimum absolute atomic E-state index is 0.0621. The zero-order valence-electron chi connectivity index (χ0n) is 8.56. The van der Waals surface area contributed by atoms with E-state index < -0.39 is 0 Å². The fourth-order valence-electron chi connectivity index (χ4n) is 1.87. The van der Waals surface area contributed by atoms with Crippen molar-refractivity contribution in [2.24, 2.45) is 0 Å². The lowest BCUT2D eigenvalue weighted by molar-refractivity contribution is 0.278. The number of fused-ring (bicyclic) bond motifs is 1. The highest BCUT2D eigenvalue weighted by Crippen LogP contribution is 2.21. The average Bonchev–Trinajstić information content (AvgIpc) is 2.65. The van der Waals surface area contributed by atoms with Crippen LogP contribution >= 0.6 is 0 Å². The van der Waals surface area contributed by atoms with E-state index in [0.717, 1.165) is 29.4 Å². The Morgan fingerprint density at radius 2 is 1.93 bits per heavy atom. The molecule has 0 spiro atoms. The fraction of sp³-hybridized carbons (Fsp3) is 0.333. The highest BCUT2D eigenvalue weighted by molar-refractivity contribution is 5.83. The van der Waals surface area contributed by atoms with E-state index in [0.29, 0.717) is 0 Å². The molecule has 2 rings (SSSR count). The molecule has 0 saturated carbocycles. The van der Waals surface area contributed by atoms with E-state index in [1.54, 1.807) is 0 Å². The van der Waals surface area contributed by atoms with E-state index in [2.05, 4.69) is 4.57 Å². The zero-order chi connectivity index (χ0) is 10.7. The van der Waals surface area contributed by atoms with Gasteiger partial charge in [-0.2, -0.15) is 0 Å². The maximum atomic E-state index is 9.21. The van der Waals surface area contributed by atoms with Gasteiger partial charge >= 0.3 is 0 Å². The third-order valence-electron chi connectivity index (χ3n) is 2.60. The second-order valence-corrected chi connectivity index (χ2v) is 3.60. The van der Waals surface area contributed by atoms with Crippen LogP contribution in [0.5, 0.6) is 0 Å². The SMILES string of the molecule is OCCCn1cc(CO)c2ccccc21. The Morgan fingerprint density at radius 3 is 2.67 bits per heavy atom. The van der Waals surface area contributed by atoms with E-state index in [-0.39, 0.29) is 13.2 Å². The topological polar surface area (TPSA) is 45.4 Å².